The summed E-state index contributed by atoms with van der Waals surface area (Å²) in [5.74, 6) is 1.62. The number of rotatable bonds is 3. The highest BCUT2D eigenvalue weighted by Crippen LogP contribution is 2.23. The third-order valence-corrected chi connectivity index (χ3v) is 3.60. The van der Waals surface area contributed by atoms with E-state index >= 15 is 0 Å². The predicted octanol–water partition coefficient (Wildman–Crippen LogP) is 3.28. The molecule has 0 spiro atoms. The second-order valence-corrected chi connectivity index (χ2v) is 6.76. The third-order valence-electron chi connectivity index (χ3n) is 3.35. The van der Waals surface area contributed by atoms with Gasteiger partial charge in [-0.2, -0.15) is 9.78 Å². The second kappa shape index (κ2) is 5.73. The molecule has 3 rings (SSSR count). The quantitative estimate of drug-likeness (QED) is 0.732. The Kier molecular flexibility index (Phi) is 3.89. The van der Waals surface area contributed by atoms with Gasteiger partial charge in [0.1, 0.15) is 6.04 Å². The molecule has 0 unspecified atom stereocenters. The molecule has 120 valence electrons. The lowest BCUT2D eigenvalue weighted by atomic mass is 9.96. The zero-order valence-corrected chi connectivity index (χ0v) is 14.1. The molecule has 2 heterocycles. The maximum Gasteiger partial charge on any atom is 0.253 e. The van der Waals surface area contributed by atoms with Crippen molar-refractivity contribution in [3.05, 3.63) is 41.0 Å². The van der Waals surface area contributed by atoms with E-state index in [0.717, 1.165) is 5.56 Å². The lowest BCUT2D eigenvalue weighted by Gasteiger charge is -2.11. The molecule has 0 saturated heterocycles. The van der Waals surface area contributed by atoms with Crippen LogP contribution in [-0.2, 0) is 5.41 Å². The molecule has 8 heteroatoms. The molecule has 0 N–H and O–H groups in total. The van der Waals surface area contributed by atoms with E-state index in [1.807, 2.05) is 39.8 Å². The Morgan fingerprint density at radius 1 is 1.17 bits per heavy atom. The average molecular weight is 333 g/mol. The van der Waals surface area contributed by atoms with Gasteiger partial charge < -0.3 is 4.52 Å². The maximum absolute atomic E-state index is 5.88. The molecule has 0 radical (unpaired) electrons. The zero-order chi connectivity index (χ0) is 16.6. The molecule has 0 aliphatic carbocycles. The predicted molar refractivity (Wildman–Crippen MR) is 85.1 cm³/mol. The minimum Gasteiger partial charge on any atom is -0.337 e. The highest BCUT2D eigenvalue weighted by molar-refractivity contribution is 6.30. The van der Waals surface area contributed by atoms with Crippen LogP contribution in [-0.4, -0.2) is 30.3 Å². The van der Waals surface area contributed by atoms with Crippen LogP contribution >= 0.6 is 11.6 Å². The lowest BCUT2D eigenvalue weighted by molar-refractivity contribution is 0.315. The van der Waals surface area contributed by atoms with Gasteiger partial charge in [-0.15, -0.1) is 10.2 Å². The van der Waals surface area contributed by atoms with Crippen molar-refractivity contribution in [2.75, 3.05) is 0 Å². The minimum atomic E-state index is -0.299. The molecule has 1 aromatic carbocycles. The summed E-state index contributed by atoms with van der Waals surface area (Å²) in [6, 6.07) is 6.97. The van der Waals surface area contributed by atoms with Crippen molar-refractivity contribution in [2.45, 2.75) is 39.2 Å². The molecule has 0 fully saturated rings. The average Bonchev–Trinajstić information content (AvgIpc) is 3.16. The van der Waals surface area contributed by atoms with Gasteiger partial charge >= 0.3 is 0 Å². The molecular weight excluding hydrogens is 316 g/mol. The van der Waals surface area contributed by atoms with E-state index in [1.54, 1.807) is 12.1 Å². The van der Waals surface area contributed by atoms with Crippen molar-refractivity contribution in [3.63, 3.8) is 0 Å². The first-order valence-corrected chi connectivity index (χ1v) is 7.62. The van der Waals surface area contributed by atoms with Crippen molar-refractivity contribution in [1.82, 2.24) is 30.3 Å². The monoisotopic (exact) mass is 332 g/mol. The summed E-state index contributed by atoms with van der Waals surface area (Å²) in [4.78, 5) is 5.89. The number of aromatic nitrogens is 6. The Bertz CT molecular complexity index is 802. The minimum absolute atomic E-state index is 0.175. The van der Waals surface area contributed by atoms with Gasteiger partial charge in [0, 0.05) is 16.0 Å². The van der Waals surface area contributed by atoms with Crippen molar-refractivity contribution < 1.29 is 4.52 Å². The number of hydrogen-bond acceptors (Lipinski definition) is 6. The molecule has 0 amide bonds. The van der Waals surface area contributed by atoms with Crippen LogP contribution in [0.1, 0.15) is 45.5 Å². The van der Waals surface area contributed by atoms with Crippen LogP contribution in [0.2, 0.25) is 5.02 Å². The standard InChI is InChI=1S/C15H17ClN6O/c1-9(13-17-14(20-23-13)15(2,3)4)22-19-12(18-21-22)10-5-7-11(16)8-6-10/h5-9H,1-4H3/t9-/m0/s1. The van der Waals surface area contributed by atoms with E-state index in [-0.39, 0.29) is 11.5 Å². The van der Waals surface area contributed by atoms with Gasteiger partial charge in [0.15, 0.2) is 5.82 Å². The fourth-order valence-corrected chi connectivity index (χ4v) is 2.04. The number of halogens is 1. The maximum atomic E-state index is 5.88. The normalized spacial score (nSPS) is 13.3. The van der Waals surface area contributed by atoms with Crippen LogP contribution in [0, 0.1) is 0 Å². The smallest absolute Gasteiger partial charge is 0.253 e. The largest absolute Gasteiger partial charge is 0.337 e. The number of nitrogens with zero attached hydrogens (tertiary/aromatic N) is 6. The second-order valence-electron chi connectivity index (χ2n) is 6.32. The fraction of sp³-hybridized carbons (Fsp3) is 0.400. The lowest BCUT2D eigenvalue weighted by Crippen LogP contribution is -2.15. The van der Waals surface area contributed by atoms with Crippen LogP contribution in [0.3, 0.4) is 0 Å². The van der Waals surface area contributed by atoms with Crippen LogP contribution < -0.4 is 0 Å². The topological polar surface area (TPSA) is 82.5 Å². The van der Waals surface area contributed by atoms with E-state index < -0.39 is 0 Å². The summed E-state index contributed by atoms with van der Waals surface area (Å²) in [6.45, 7) is 7.96. The highest BCUT2D eigenvalue weighted by atomic mass is 35.5. The number of benzene rings is 1. The van der Waals surface area contributed by atoms with Gasteiger partial charge in [0.25, 0.3) is 5.89 Å². The van der Waals surface area contributed by atoms with E-state index in [1.165, 1.54) is 4.80 Å². The Morgan fingerprint density at radius 2 is 1.87 bits per heavy atom. The Balaban J connectivity index is 1.85. The molecule has 23 heavy (non-hydrogen) atoms. The van der Waals surface area contributed by atoms with E-state index in [2.05, 4.69) is 25.6 Å². The van der Waals surface area contributed by atoms with Gasteiger partial charge in [-0.3, -0.25) is 0 Å². The van der Waals surface area contributed by atoms with Gasteiger partial charge in [-0.05, 0) is 36.4 Å². The van der Waals surface area contributed by atoms with Crippen molar-refractivity contribution in [2.24, 2.45) is 0 Å². The van der Waals surface area contributed by atoms with Gasteiger partial charge in [-0.25, -0.2) is 0 Å². The van der Waals surface area contributed by atoms with Crippen molar-refractivity contribution >= 4 is 11.6 Å². The Labute approximate surface area is 138 Å². The third kappa shape index (κ3) is 3.24. The first-order valence-electron chi connectivity index (χ1n) is 7.24. The first-order chi connectivity index (χ1) is 10.8. The van der Waals surface area contributed by atoms with Crippen LogP contribution in [0.4, 0.5) is 0 Å². The molecule has 2 aromatic heterocycles. The molecule has 7 nitrogen and oxygen atoms in total. The van der Waals surface area contributed by atoms with Crippen molar-refractivity contribution in [1.29, 1.82) is 0 Å². The van der Waals surface area contributed by atoms with Gasteiger partial charge in [0.05, 0.1) is 0 Å². The van der Waals surface area contributed by atoms with Gasteiger partial charge in [0.2, 0.25) is 5.82 Å². The van der Waals surface area contributed by atoms with E-state index in [4.69, 9.17) is 16.1 Å². The van der Waals surface area contributed by atoms with E-state index in [9.17, 15) is 0 Å². The summed E-state index contributed by atoms with van der Waals surface area (Å²) in [5.41, 5.74) is 0.667. The van der Waals surface area contributed by atoms with Crippen LogP contribution in [0.5, 0.6) is 0 Å². The summed E-state index contributed by atoms with van der Waals surface area (Å²) in [6.07, 6.45) is 0. The van der Waals surface area contributed by atoms with Crippen LogP contribution in [0.15, 0.2) is 28.8 Å². The van der Waals surface area contributed by atoms with Crippen molar-refractivity contribution in [3.8, 4) is 11.4 Å². The molecule has 1 atom stereocenters. The fourth-order valence-electron chi connectivity index (χ4n) is 1.91. The number of tetrazole rings is 1. The summed E-state index contributed by atoms with van der Waals surface area (Å²) in [7, 11) is 0. The van der Waals surface area contributed by atoms with E-state index in [0.29, 0.717) is 22.6 Å². The zero-order valence-electron chi connectivity index (χ0n) is 13.4. The molecule has 0 aliphatic rings. The molecule has 0 aliphatic heterocycles. The molecular formula is C15H17ClN6O. The summed E-state index contributed by atoms with van der Waals surface area (Å²) >= 11 is 5.88. The molecule has 3 aromatic rings. The molecule has 0 saturated carbocycles. The summed E-state index contributed by atoms with van der Waals surface area (Å²) < 4.78 is 5.33. The Hall–Kier alpha value is -2.28. The van der Waals surface area contributed by atoms with Crippen LogP contribution in [0.25, 0.3) is 11.4 Å². The highest BCUT2D eigenvalue weighted by Gasteiger charge is 2.25. The SMILES string of the molecule is C[C@@H](c1nc(C(C)(C)C)no1)n1nnc(-c2ccc(Cl)cc2)n1. The Morgan fingerprint density at radius 3 is 2.48 bits per heavy atom. The number of hydrogen-bond donors (Lipinski definition) is 0. The first kappa shape index (κ1) is 15.6. The van der Waals surface area contributed by atoms with Gasteiger partial charge in [-0.1, -0.05) is 37.5 Å². The summed E-state index contributed by atoms with van der Waals surface area (Å²) in [5, 5.41) is 17.2. The molecule has 0 bridgehead atoms.